The molecule has 0 spiro atoms. The van der Waals surface area contributed by atoms with Gasteiger partial charge in [0.05, 0.1) is 18.4 Å². The van der Waals surface area contributed by atoms with Crippen LogP contribution in [-0.2, 0) is 14.8 Å². The molecule has 5 nitrogen and oxygen atoms in total. The predicted octanol–water partition coefficient (Wildman–Crippen LogP) is 2.83. The van der Waals surface area contributed by atoms with E-state index in [1.54, 1.807) is 4.72 Å². The molecule has 2 rings (SSSR count). The monoisotopic (exact) mass is 363 g/mol. The third-order valence-electron chi connectivity index (χ3n) is 2.89. The van der Waals surface area contributed by atoms with E-state index in [0.717, 1.165) is 19.2 Å². The third kappa shape index (κ3) is 3.48. The van der Waals surface area contributed by atoms with Crippen LogP contribution in [0.3, 0.4) is 0 Å². The minimum atomic E-state index is -4.72. The first kappa shape index (κ1) is 17.7. The molecule has 0 aromatic heterocycles. The average molecular weight is 363 g/mol. The van der Waals surface area contributed by atoms with Crippen molar-refractivity contribution in [2.24, 2.45) is 0 Å². The molecule has 0 fully saturated rings. The Labute approximate surface area is 133 Å². The predicted molar refractivity (Wildman–Crippen MR) is 74.9 cm³/mol. The SMILES string of the molecule is COC(=O)c1cc(S(=O)(=O)Nc2ccc(F)cc2F)c(F)cc1F. The maximum absolute atomic E-state index is 13.8. The average Bonchev–Trinajstić information content (AvgIpc) is 2.49. The van der Waals surface area contributed by atoms with Crippen LogP contribution < -0.4 is 4.72 Å². The van der Waals surface area contributed by atoms with Gasteiger partial charge in [-0.3, -0.25) is 4.72 Å². The zero-order valence-electron chi connectivity index (χ0n) is 11.9. The molecule has 0 bridgehead atoms. The number of esters is 1. The Morgan fingerprint density at radius 2 is 1.67 bits per heavy atom. The number of nitrogens with one attached hydrogen (secondary N) is 1. The zero-order chi connectivity index (χ0) is 18.1. The van der Waals surface area contributed by atoms with Crippen LogP contribution in [0.5, 0.6) is 0 Å². The fourth-order valence-electron chi connectivity index (χ4n) is 1.77. The van der Waals surface area contributed by atoms with Crippen LogP contribution in [0.2, 0.25) is 0 Å². The van der Waals surface area contributed by atoms with Crippen molar-refractivity contribution in [2.45, 2.75) is 4.90 Å². The molecule has 0 amide bonds. The van der Waals surface area contributed by atoms with Crippen LogP contribution in [0.15, 0.2) is 35.2 Å². The number of halogens is 4. The number of ether oxygens (including phenoxy) is 1. The number of sulfonamides is 1. The summed E-state index contributed by atoms with van der Waals surface area (Å²) in [5.41, 5.74) is -1.47. The standard InChI is InChI=1S/C14H9F4NO4S/c1-23-14(20)8-5-13(11(18)6-9(8)16)24(21,22)19-12-3-2-7(15)4-10(12)17/h2-6,19H,1H3. The van der Waals surface area contributed by atoms with Gasteiger partial charge < -0.3 is 4.74 Å². The first-order valence-corrected chi connectivity index (χ1v) is 7.69. The van der Waals surface area contributed by atoms with Crippen molar-refractivity contribution in [1.82, 2.24) is 0 Å². The number of anilines is 1. The van der Waals surface area contributed by atoms with Crippen molar-refractivity contribution < 1.29 is 35.5 Å². The fourth-order valence-corrected chi connectivity index (χ4v) is 2.93. The normalized spacial score (nSPS) is 11.2. The lowest BCUT2D eigenvalue weighted by Gasteiger charge is -2.11. The summed E-state index contributed by atoms with van der Waals surface area (Å²) in [4.78, 5) is 10.3. The molecule has 0 saturated heterocycles. The van der Waals surface area contributed by atoms with Gasteiger partial charge in [0.15, 0.2) is 0 Å². The Kier molecular flexibility index (Phi) is 4.78. The minimum absolute atomic E-state index is 0.182. The number of hydrogen-bond donors (Lipinski definition) is 1. The number of carbonyl (C=O) groups is 1. The van der Waals surface area contributed by atoms with Gasteiger partial charge in [-0.15, -0.1) is 0 Å². The van der Waals surface area contributed by atoms with E-state index in [1.807, 2.05) is 0 Å². The molecule has 24 heavy (non-hydrogen) atoms. The van der Waals surface area contributed by atoms with Gasteiger partial charge in [0.25, 0.3) is 10.0 Å². The fraction of sp³-hybridized carbons (Fsp3) is 0.0714. The molecule has 10 heteroatoms. The van der Waals surface area contributed by atoms with E-state index in [4.69, 9.17) is 0 Å². The zero-order valence-corrected chi connectivity index (χ0v) is 12.8. The highest BCUT2D eigenvalue weighted by Gasteiger charge is 2.25. The van der Waals surface area contributed by atoms with Gasteiger partial charge in [-0.05, 0) is 18.2 Å². The van der Waals surface area contributed by atoms with E-state index >= 15 is 0 Å². The third-order valence-corrected chi connectivity index (χ3v) is 4.27. The molecule has 128 valence electrons. The first-order valence-electron chi connectivity index (χ1n) is 6.21. The Morgan fingerprint density at radius 3 is 2.25 bits per heavy atom. The van der Waals surface area contributed by atoms with Gasteiger partial charge in [0.2, 0.25) is 0 Å². The summed E-state index contributed by atoms with van der Waals surface area (Å²) in [5, 5.41) is 0. The summed E-state index contributed by atoms with van der Waals surface area (Å²) in [6.45, 7) is 0. The summed E-state index contributed by atoms with van der Waals surface area (Å²) in [5.74, 6) is -6.25. The smallest absolute Gasteiger partial charge is 0.340 e. The maximum atomic E-state index is 13.8. The molecule has 0 saturated carbocycles. The Bertz CT molecular complexity index is 915. The molecule has 0 radical (unpaired) electrons. The number of methoxy groups -OCH3 is 1. The number of benzene rings is 2. The van der Waals surface area contributed by atoms with Crippen LogP contribution in [0.4, 0.5) is 23.2 Å². The van der Waals surface area contributed by atoms with Crippen LogP contribution in [-0.4, -0.2) is 21.5 Å². The number of carbonyl (C=O) groups excluding carboxylic acids is 1. The van der Waals surface area contributed by atoms with E-state index in [2.05, 4.69) is 4.74 Å². The van der Waals surface area contributed by atoms with Crippen molar-refractivity contribution >= 4 is 21.7 Å². The highest BCUT2D eigenvalue weighted by Crippen LogP contribution is 2.24. The van der Waals surface area contributed by atoms with Gasteiger partial charge in [0.1, 0.15) is 28.2 Å². The lowest BCUT2D eigenvalue weighted by Crippen LogP contribution is -2.17. The highest BCUT2D eigenvalue weighted by molar-refractivity contribution is 7.92. The molecule has 0 heterocycles. The molecule has 2 aromatic carbocycles. The molecular weight excluding hydrogens is 354 g/mol. The topological polar surface area (TPSA) is 72.5 Å². The second-order valence-corrected chi connectivity index (χ2v) is 6.13. The second kappa shape index (κ2) is 6.48. The van der Waals surface area contributed by atoms with Crippen LogP contribution >= 0.6 is 0 Å². The highest BCUT2D eigenvalue weighted by atomic mass is 32.2. The van der Waals surface area contributed by atoms with Crippen LogP contribution in [0.25, 0.3) is 0 Å². The summed E-state index contributed by atoms with van der Waals surface area (Å²) < 4.78 is 83.9. The van der Waals surface area contributed by atoms with Crippen molar-refractivity contribution in [3.8, 4) is 0 Å². The number of rotatable bonds is 4. The largest absolute Gasteiger partial charge is 0.465 e. The van der Waals surface area contributed by atoms with Crippen molar-refractivity contribution in [2.75, 3.05) is 11.8 Å². The van der Waals surface area contributed by atoms with E-state index in [1.165, 1.54) is 0 Å². The maximum Gasteiger partial charge on any atom is 0.340 e. The van der Waals surface area contributed by atoms with Crippen molar-refractivity contribution in [3.05, 3.63) is 59.2 Å². The van der Waals surface area contributed by atoms with Gasteiger partial charge >= 0.3 is 5.97 Å². The van der Waals surface area contributed by atoms with Gasteiger partial charge in [-0.2, -0.15) is 0 Å². The molecule has 2 aromatic rings. The first-order chi connectivity index (χ1) is 11.2. The molecule has 0 unspecified atom stereocenters. The van der Waals surface area contributed by atoms with Crippen molar-refractivity contribution in [3.63, 3.8) is 0 Å². The van der Waals surface area contributed by atoms with Gasteiger partial charge in [-0.25, -0.2) is 30.8 Å². The molecule has 0 aliphatic heterocycles. The van der Waals surface area contributed by atoms with Crippen molar-refractivity contribution in [1.29, 1.82) is 0 Å². The Hall–Kier alpha value is -2.62. The molecular formula is C14H9F4NO4S. The lowest BCUT2D eigenvalue weighted by molar-refractivity contribution is 0.0595. The van der Waals surface area contributed by atoms with Crippen LogP contribution in [0.1, 0.15) is 10.4 Å². The van der Waals surface area contributed by atoms with Crippen LogP contribution in [0, 0.1) is 23.3 Å². The molecule has 0 atom stereocenters. The summed E-state index contributed by atoms with van der Waals surface area (Å²) in [6, 6.07) is 2.58. The number of hydrogen-bond acceptors (Lipinski definition) is 4. The minimum Gasteiger partial charge on any atom is -0.465 e. The van der Waals surface area contributed by atoms with E-state index < -0.39 is 55.4 Å². The summed E-state index contributed by atoms with van der Waals surface area (Å²) in [7, 11) is -3.80. The lowest BCUT2D eigenvalue weighted by atomic mass is 10.2. The summed E-state index contributed by atoms with van der Waals surface area (Å²) >= 11 is 0. The van der Waals surface area contributed by atoms with Gasteiger partial charge in [-0.1, -0.05) is 0 Å². The summed E-state index contributed by atoms with van der Waals surface area (Å²) in [6.07, 6.45) is 0. The van der Waals surface area contributed by atoms with E-state index in [0.29, 0.717) is 12.1 Å². The van der Waals surface area contributed by atoms with E-state index in [9.17, 15) is 30.8 Å². The van der Waals surface area contributed by atoms with E-state index in [-0.39, 0.29) is 6.07 Å². The quantitative estimate of drug-likeness (QED) is 0.670. The molecule has 0 aliphatic carbocycles. The van der Waals surface area contributed by atoms with Gasteiger partial charge in [0, 0.05) is 12.1 Å². The second-order valence-electron chi connectivity index (χ2n) is 4.48. The Balaban J connectivity index is 2.51. The molecule has 0 aliphatic rings. The Morgan fingerprint density at radius 1 is 1.00 bits per heavy atom. The molecule has 1 N–H and O–H groups in total.